The molecule has 1 aliphatic heterocycles. The van der Waals surface area contributed by atoms with E-state index in [0.29, 0.717) is 11.6 Å². The number of carbonyl (C=O) groups is 1. The van der Waals surface area contributed by atoms with Crippen molar-refractivity contribution in [1.82, 2.24) is 9.88 Å². The molecule has 0 fully saturated rings. The van der Waals surface area contributed by atoms with E-state index in [2.05, 4.69) is 45.6 Å². The van der Waals surface area contributed by atoms with E-state index < -0.39 is 0 Å². The summed E-state index contributed by atoms with van der Waals surface area (Å²) in [7, 11) is 0. The molecular weight excluding hydrogens is 350 g/mol. The first-order chi connectivity index (χ1) is 13.6. The molecule has 0 atom stereocenters. The van der Waals surface area contributed by atoms with E-state index in [1.54, 1.807) is 12.3 Å². The largest absolute Gasteiger partial charge is 0.439 e. The van der Waals surface area contributed by atoms with Crippen molar-refractivity contribution in [2.24, 2.45) is 5.92 Å². The van der Waals surface area contributed by atoms with E-state index in [0.717, 1.165) is 31.7 Å². The van der Waals surface area contributed by atoms with Crippen LogP contribution >= 0.6 is 0 Å². The van der Waals surface area contributed by atoms with Gasteiger partial charge in [-0.2, -0.15) is 0 Å². The van der Waals surface area contributed by atoms with E-state index in [1.807, 2.05) is 26.0 Å². The Balaban J connectivity index is 1.41. The first-order valence-electron chi connectivity index (χ1n) is 9.78. The Morgan fingerprint density at radius 1 is 1.14 bits per heavy atom. The molecule has 1 aliphatic carbocycles. The predicted octanol–water partition coefficient (Wildman–Crippen LogP) is 4.32. The van der Waals surface area contributed by atoms with Gasteiger partial charge in [-0.15, -0.1) is 0 Å². The van der Waals surface area contributed by atoms with E-state index in [4.69, 9.17) is 4.74 Å². The maximum Gasteiger partial charge on any atom is 0.226 e. The molecule has 0 bridgehead atoms. The number of rotatable bonds is 5. The summed E-state index contributed by atoms with van der Waals surface area (Å²) in [5.74, 6) is 1.22. The van der Waals surface area contributed by atoms with Crippen LogP contribution in [0.4, 0.5) is 5.69 Å². The standard InChI is InChI=1S/C23H25N3O2/c1-16(2)23(27)25-19-7-9-22(24-15-19)28-21-8-6-17-10-12-26(20-4-3-5-20)13-11-18(17)14-21/h3-9,14-16H,10-13H2,1-2H3,(H,25,27). The molecule has 0 saturated heterocycles. The molecule has 1 amide bonds. The lowest BCUT2D eigenvalue weighted by molar-refractivity contribution is -0.118. The van der Waals surface area contributed by atoms with Crippen LogP contribution in [0.1, 0.15) is 25.0 Å². The fourth-order valence-corrected chi connectivity index (χ4v) is 3.34. The second kappa shape index (κ2) is 7.89. The van der Waals surface area contributed by atoms with E-state index in [1.165, 1.54) is 16.8 Å². The highest BCUT2D eigenvalue weighted by Gasteiger charge is 2.17. The van der Waals surface area contributed by atoms with E-state index in [-0.39, 0.29) is 11.8 Å². The third-order valence-corrected chi connectivity index (χ3v) is 5.13. The van der Waals surface area contributed by atoms with E-state index in [9.17, 15) is 4.79 Å². The van der Waals surface area contributed by atoms with Gasteiger partial charge in [0.15, 0.2) is 0 Å². The number of fused-ring (bicyclic) bond motifs is 1. The minimum absolute atomic E-state index is 0.0246. The van der Waals surface area contributed by atoms with Crippen LogP contribution in [0.25, 0.3) is 0 Å². The number of nitrogens with one attached hydrogen (secondary N) is 1. The minimum Gasteiger partial charge on any atom is -0.439 e. The first kappa shape index (κ1) is 18.3. The highest BCUT2D eigenvalue weighted by atomic mass is 16.5. The van der Waals surface area contributed by atoms with Crippen LogP contribution in [0.15, 0.2) is 60.5 Å². The van der Waals surface area contributed by atoms with Gasteiger partial charge in [-0.3, -0.25) is 4.79 Å². The van der Waals surface area contributed by atoms with Crippen molar-refractivity contribution in [3.8, 4) is 11.6 Å². The highest BCUT2D eigenvalue weighted by Crippen LogP contribution is 2.27. The Bertz CT molecular complexity index is 929. The van der Waals surface area contributed by atoms with E-state index >= 15 is 0 Å². The molecule has 0 unspecified atom stereocenters. The number of hydrogen-bond acceptors (Lipinski definition) is 4. The quantitative estimate of drug-likeness (QED) is 0.845. The monoisotopic (exact) mass is 375 g/mol. The Kier molecular flexibility index (Phi) is 5.15. The fraction of sp³-hybridized carbons (Fsp3) is 0.304. The molecule has 0 radical (unpaired) electrons. The van der Waals surface area contributed by atoms with Gasteiger partial charge in [-0.05, 0) is 54.3 Å². The van der Waals surface area contributed by atoms with Crippen molar-refractivity contribution in [1.29, 1.82) is 0 Å². The zero-order valence-electron chi connectivity index (χ0n) is 16.3. The zero-order chi connectivity index (χ0) is 19.5. The molecule has 1 aromatic heterocycles. The van der Waals surface area contributed by atoms with Crippen molar-refractivity contribution in [2.45, 2.75) is 26.7 Å². The second-order valence-corrected chi connectivity index (χ2v) is 7.50. The topological polar surface area (TPSA) is 54.5 Å². The van der Waals surface area contributed by atoms with Crippen LogP contribution in [0.2, 0.25) is 0 Å². The summed E-state index contributed by atoms with van der Waals surface area (Å²) in [6, 6.07) is 9.88. The molecule has 144 valence electrons. The summed E-state index contributed by atoms with van der Waals surface area (Å²) in [5.41, 5.74) is 4.73. The molecular formula is C23H25N3O2. The smallest absolute Gasteiger partial charge is 0.226 e. The van der Waals surface area contributed by atoms with Crippen LogP contribution in [0.3, 0.4) is 0 Å². The van der Waals surface area contributed by atoms with Gasteiger partial charge in [0.25, 0.3) is 0 Å². The molecule has 0 spiro atoms. The Morgan fingerprint density at radius 2 is 1.93 bits per heavy atom. The van der Waals surface area contributed by atoms with Crippen molar-refractivity contribution in [3.63, 3.8) is 0 Å². The second-order valence-electron chi connectivity index (χ2n) is 7.50. The maximum atomic E-state index is 11.8. The summed E-state index contributed by atoms with van der Waals surface area (Å²) in [6.45, 7) is 5.79. The van der Waals surface area contributed by atoms with Gasteiger partial charge in [0.2, 0.25) is 11.8 Å². The van der Waals surface area contributed by atoms with Crippen LogP contribution in [0, 0.1) is 5.92 Å². The summed E-state index contributed by atoms with van der Waals surface area (Å²) >= 11 is 0. The predicted molar refractivity (Wildman–Crippen MR) is 110 cm³/mol. The van der Waals surface area contributed by atoms with Gasteiger partial charge in [0, 0.05) is 30.8 Å². The summed E-state index contributed by atoms with van der Waals surface area (Å²) in [5, 5.41) is 2.83. The van der Waals surface area contributed by atoms with Crippen LogP contribution in [-0.2, 0) is 17.6 Å². The number of nitrogens with zero attached hydrogens (tertiary/aromatic N) is 2. The van der Waals surface area contributed by atoms with Gasteiger partial charge in [0.1, 0.15) is 5.75 Å². The molecule has 28 heavy (non-hydrogen) atoms. The zero-order valence-corrected chi connectivity index (χ0v) is 16.3. The maximum absolute atomic E-state index is 11.8. The van der Waals surface area contributed by atoms with Gasteiger partial charge < -0.3 is 15.0 Å². The molecule has 2 aliphatic rings. The fourth-order valence-electron chi connectivity index (χ4n) is 3.34. The van der Waals surface area contributed by atoms with Crippen molar-refractivity contribution >= 4 is 11.6 Å². The summed E-state index contributed by atoms with van der Waals surface area (Å²) in [4.78, 5) is 18.5. The lowest BCUT2D eigenvalue weighted by Gasteiger charge is -2.26. The highest BCUT2D eigenvalue weighted by molar-refractivity contribution is 5.91. The molecule has 5 heteroatoms. The van der Waals surface area contributed by atoms with Gasteiger partial charge in [-0.25, -0.2) is 4.98 Å². The number of benzene rings is 1. The SMILES string of the molecule is CC(C)C(=O)Nc1ccc(Oc2ccc3c(c2)CCN(C2=CC=C2)CC3)nc1. The normalized spacial score (nSPS) is 15.4. The lowest BCUT2D eigenvalue weighted by atomic mass is 10.0. The number of allylic oxidation sites excluding steroid dienone is 3. The van der Waals surface area contributed by atoms with Crippen LogP contribution < -0.4 is 10.1 Å². The molecule has 0 saturated carbocycles. The van der Waals surface area contributed by atoms with Crippen molar-refractivity contribution < 1.29 is 9.53 Å². The van der Waals surface area contributed by atoms with Crippen LogP contribution in [-0.4, -0.2) is 28.9 Å². The summed E-state index contributed by atoms with van der Waals surface area (Å²) < 4.78 is 5.94. The molecule has 5 nitrogen and oxygen atoms in total. The summed E-state index contributed by atoms with van der Waals surface area (Å²) in [6.07, 6.45) is 10.1. The Morgan fingerprint density at radius 3 is 2.57 bits per heavy atom. The number of pyridine rings is 1. The average molecular weight is 375 g/mol. The molecule has 1 N–H and O–H groups in total. The minimum atomic E-state index is -0.0666. The number of anilines is 1. The first-order valence-corrected chi connectivity index (χ1v) is 9.78. The molecule has 4 rings (SSSR count). The van der Waals surface area contributed by atoms with Gasteiger partial charge >= 0.3 is 0 Å². The number of hydrogen-bond donors (Lipinski definition) is 1. The van der Waals surface area contributed by atoms with Gasteiger partial charge in [-0.1, -0.05) is 26.0 Å². The van der Waals surface area contributed by atoms with Crippen molar-refractivity contribution in [2.75, 3.05) is 18.4 Å². The average Bonchev–Trinajstić information content (AvgIpc) is 2.84. The van der Waals surface area contributed by atoms with Gasteiger partial charge in [0.05, 0.1) is 11.9 Å². The van der Waals surface area contributed by atoms with Crippen LogP contribution in [0.5, 0.6) is 11.6 Å². The van der Waals surface area contributed by atoms with Crippen molar-refractivity contribution in [3.05, 3.63) is 71.6 Å². The third-order valence-electron chi connectivity index (χ3n) is 5.13. The molecule has 1 aromatic carbocycles. The Hall–Kier alpha value is -3.08. The molecule has 2 aromatic rings. The lowest BCUT2D eigenvalue weighted by Crippen LogP contribution is -2.26. The third kappa shape index (κ3) is 4.09. The molecule has 2 heterocycles. The number of ether oxygens (including phenoxy) is 1. The number of aromatic nitrogens is 1. The number of amides is 1. The number of carbonyl (C=O) groups excluding carboxylic acids is 1. The Labute approximate surface area is 165 Å².